The highest BCUT2D eigenvalue weighted by molar-refractivity contribution is 7.89. The van der Waals surface area contributed by atoms with Gasteiger partial charge in [-0.05, 0) is 42.2 Å². The Kier molecular flexibility index (Phi) is 5.13. The van der Waals surface area contributed by atoms with Gasteiger partial charge in [-0.15, -0.1) is 0 Å². The first-order valence-corrected chi connectivity index (χ1v) is 10.5. The monoisotopic (exact) mass is 372 g/mol. The third kappa shape index (κ3) is 3.94. The Labute approximate surface area is 157 Å². The maximum Gasteiger partial charge on any atom is 0.243 e. The Morgan fingerprint density at radius 3 is 1.85 bits per heavy atom. The van der Waals surface area contributed by atoms with Crippen LogP contribution >= 0.6 is 0 Å². The molecule has 0 radical (unpaired) electrons. The highest BCUT2D eigenvalue weighted by Gasteiger charge is 2.28. The predicted molar refractivity (Wildman–Crippen MR) is 107 cm³/mol. The van der Waals surface area contributed by atoms with E-state index < -0.39 is 10.0 Å². The molecule has 1 aliphatic rings. The second-order valence-corrected chi connectivity index (χ2v) is 9.94. The minimum Gasteiger partial charge on any atom is -0.369 e. The van der Waals surface area contributed by atoms with Crippen molar-refractivity contribution in [1.82, 2.24) is 4.31 Å². The second-order valence-electron chi connectivity index (χ2n) is 8.00. The van der Waals surface area contributed by atoms with E-state index in [-0.39, 0.29) is 5.41 Å². The van der Waals surface area contributed by atoms with E-state index >= 15 is 0 Å². The third-order valence-corrected chi connectivity index (χ3v) is 6.91. The topological polar surface area (TPSA) is 40.6 Å². The summed E-state index contributed by atoms with van der Waals surface area (Å²) in [6.45, 7) is 10.9. The average molecular weight is 373 g/mol. The number of nitrogens with zero attached hydrogens (tertiary/aromatic N) is 2. The molecule has 5 heteroatoms. The van der Waals surface area contributed by atoms with Crippen LogP contribution in [-0.4, -0.2) is 38.9 Å². The van der Waals surface area contributed by atoms with Gasteiger partial charge in [-0.1, -0.05) is 50.6 Å². The van der Waals surface area contributed by atoms with Crippen LogP contribution in [0.3, 0.4) is 0 Å². The Morgan fingerprint density at radius 2 is 1.35 bits per heavy atom. The van der Waals surface area contributed by atoms with Gasteiger partial charge in [-0.2, -0.15) is 4.31 Å². The van der Waals surface area contributed by atoms with Gasteiger partial charge in [-0.25, -0.2) is 8.42 Å². The first-order chi connectivity index (χ1) is 12.2. The van der Waals surface area contributed by atoms with Crippen molar-refractivity contribution >= 4 is 15.7 Å². The predicted octanol–water partition coefficient (Wildman–Crippen LogP) is 3.80. The van der Waals surface area contributed by atoms with Gasteiger partial charge in [0.1, 0.15) is 0 Å². The van der Waals surface area contributed by atoms with Crippen LogP contribution in [0.1, 0.15) is 31.9 Å². The zero-order valence-corrected chi connectivity index (χ0v) is 16.9. The van der Waals surface area contributed by atoms with Crippen LogP contribution in [0.2, 0.25) is 0 Å². The number of rotatable bonds is 3. The minimum atomic E-state index is -3.43. The summed E-state index contributed by atoms with van der Waals surface area (Å²) in [7, 11) is -3.43. The van der Waals surface area contributed by atoms with Crippen molar-refractivity contribution in [3.8, 4) is 0 Å². The van der Waals surface area contributed by atoms with Gasteiger partial charge >= 0.3 is 0 Å². The molecule has 0 bridgehead atoms. The molecule has 2 aromatic rings. The molecule has 0 atom stereocenters. The van der Waals surface area contributed by atoms with Gasteiger partial charge in [0.2, 0.25) is 10.0 Å². The van der Waals surface area contributed by atoms with Crippen LogP contribution in [0.5, 0.6) is 0 Å². The first kappa shape index (κ1) is 18.9. The second kappa shape index (κ2) is 7.05. The summed E-state index contributed by atoms with van der Waals surface area (Å²) in [5, 5.41) is 0. The van der Waals surface area contributed by atoms with Crippen LogP contribution in [0, 0.1) is 6.92 Å². The molecular weight excluding hydrogens is 344 g/mol. The lowest BCUT2D eigenvalue weighted by atomic mass is 9.87. The van der Waals surface area contributed by atoms with Crippen molar-refractivity contribution in [2.45, 2.75) is 38.0 Å². The third-order valence-electron chi connectivity index (χ3n) is 5.00. The van der Waals surface area contributed by atoms with E-state index in [0.29, 0.717) is 31.1 Å². The zero-order valence-electron chi connectivity index (χ0n) is 16.1. The van der Waals surface area contributed by atoms with Crippen LogP contribution in [0.15, 0.2) is 53.4 Å². The molecule has 2 aromatic carbocycles. The van der Waals surface area contributed by atoms with E-state index in [1.54, 1.807) is 16.4 Å². The van der Waals surface area contributed by atoms with Gasteiger partial charge in [0.05, 0.1) is 4.90 Å². The van der Waals surface area contributed by atoms with Crippen molar-refractivity contribution in [2.75, 3.05) is 31.1 Å². The molecule has 0 spiro atoms. The molecule has 140 valence electrons. The Hall–Kier alpha value is -1.85. The Bertz CT molecular complexity index is 842. The highest BCUT2D eigenvalue weighted by Crippen LogP contribution is 2.26. The molecule has 0 aromatic heterocycles. The van der Waals surface area contributed by atoms with Crippen molar-refractivity contribution in [3.05, 3.63) is 59.7 Å². The van der Waals surface area contributed by atoms with Gasteiger partial charge in [0.25, 0.3) is 0 Å². The fourth-order valence-electron chi connectivity index (χ4n) is 3.22. The highest BCUT2D eigenvalue weighted by atomic mass is 32.2. The number of benzene rings is 2. The van der Waals surface area contributed by atoms with Crippen LogP contribution in [0.25, 0.3) is 0 Å². The summed E-state index contributed by atoms with van der Waals surface area (Å²) in [4.78, 5) is 2.63. The largest absolute Gasteiger partial charge is 0.369 e. The van der Waals surface area contributed by atoms with Crippen LogP contribution in [-0.2, 0) is 15.4 Å². The molecule has 1 saturated heterocycles. The van der Waals surface area contributed by atoms with Crippen molar-refractivity contribution in [1.29, 1.82) is 0 Å². The number of hydrogen-bond acceptors (Lipinski definition) is 3. The molecule has 26 heavy (non-hydrogen) atoms. The Morgan fingerprint density at radius 1 is 0.808 bits per heavy atom. The van der Waals surface area contributed by atoms with Crippen molar-refractivity contribution in [2.24, 2.45) is 0 Å². The molecule has 0 aliphatic carbocycles. The molecule has 0 unspecified atom stereocenters. The molecule has 4 nitrogen and oxygen atoms in total. The standard InChI is InChI=1S/C21H28N2O2S/c1-17-5-9-19(10-6-17)22-13-15-23(16-14-22)26(24,25)20-11-7-18(8-12-20)21(2,3)4/h5-12H,13-16H2,1-4H3. The maximum atomic E-state index is 12.9. The lowest BCUT2D eigenvalue weighted by Gasteiger charge is -2.35. The molecule has 0 saturated carbocycles. The Balaban J connectivity index is 1.70. The summed E-state index contributed by atoms with van der Waals surface area (Å²) in [5.41, 5.74) is 3.54. The molecule has 1 fully saturated rings. The molecule has 3 rings (SSSR count). The lowest BCUT2D eigenvalue weighted by Crippen LogP contribution is -2.48. The molecule has 0 amide bonds. The van der Waals surface area contributed by atoms with Crippen LogP contribution < -0.4 is 4.90 Å². The maximum absolute atomic E-state index is 12.9. The van der Waals surface area contributed by atoms with Crippen LogP contribution in [0.4, 0.5) is 5.69 Å². The van der Waals surface area contributed by atoms with E-state index in [0.717, 1.165) is 11.3 Å². The molecule has 1 heterocycles. The fraction of sp³-hybridized carbons (Fsp3) is 0.429. The number of piperazine rings is 1. The quantitative estimate of drug-likeness (QED) is 0.823. The van der Waals surface area contributed by atoms with Crippen molar-refractivity contribution < 1.29 is 8.42 Å². The van der Waals surface area contributed by atoms with E-state index in [2.05, 4.69) is 56.9 Å². The SMILES string of the molecule is Cc1ccc(N2CCN(S(=O)(=O)c3ccc(C(C)(C)C)cc3)CC2)cc1. The van der Waals surface area contributed by atoms with Gasteiger partial charge in [0.15, 0.2) is 0 Å². The first-order valence-electron chi connectivity index (χ1n) is 9.10. The summed E-state index contributed by atoms with van der Waals surface area (Å²) in [6, 6.07) is 15.7. The number of anilines is 1. The van der Waals surface area contributed by atoms with E-state index in [9.17, 15) is 8.42 Å². The smallest absolute Gasteiger partial charge is 0.243 e. The fourth-order valence-corrected chi connectivity index (χ4v) is 4.64. The number of hydrogen-bond donors (Lipinski definition) is 0. The summed E-state index contributed by atoms with van der Waals surface area (Å²) < 4.78 is 27.5. The minimum absolute atomic E-state index is 0.0158. The van der Waals surface area contributed by atoms with Gasteiger partial charge in [-0.3, -0.25) is 0 Å². The molecule has 1 aliphatic heterocycles. The lowest BCUT2D eigenvalue weighted by molar-refractivity contribution is 0.385. The van der Waals surface area contributed by atoms with Gasteiger partial charge < -0.3 is 4.90 Å². The normalized spacial score (nSPS) is 16.7. The van der Waals surface area contributed by atoms with E-state index in [4.69, 9.17) is 0 Å². The van der Waals surface area contributed by atoms with E-state index in [1.807, 2.05) is 12.1 Å². The number of sulfonamides is 1. The average Bonchev–Trinajstić information content (AvgIpc) is 2.62. The summed E-state index contributed by atoms with van der Waals surface area (Å²) in [6.07, 6.45) is 0. The molecular formula is C21H28N2O2S. The van der Waals surface area contributed by atoms with Crippen molar-refractivity contribution in [3.63, 3.8) is 0 Å². The van der Waals surface area contributed by atoms with Gasteiger partial charge in [0, 0.05) is 31.9 Å². The van der Waals surface area contributed by atoms with E-state index in [1.165, 1.54) is 5.56 Å². The molecule has 0 N–H and O–H groups in total. The summed E-state index contributed by atoms with van der Waals surface area (Å²) in [5.74, 6) is 0. The number of aryl methyl sites for hydroxylation is 1. The summed E-state index contributed by atoms with van der Waals surface area (Å²) >= 11 is 0. The zero-order chi connectivity index (χ0) is 18.9.